The summed E-state index contributed by atoms with van der Waals surface area (Å²) in [5.41, 5.74) is 0.112. The number of phenolic OH excluding ortho intramolecular Hbond substituents is 2. The van der Waals surface area contributed by atoms with E-state index in [9.17, 15) is 15.0 Å². The number of hydrogen-bond acceptors (Lipinski definition) is 3. The molecule has 94 valence electrons. The molecule has 0 fully saturated rings. The third-order valence-electron chi connectivity index (χ3n) is 2.58. The van der Waals surface area contributed by atoms with Crippen molar-refractivity contribution in [1.29, 1.82) is 0 Å². The molecule has 4 heteroatoms. The fourth-order valence-electron chi connectivity index (χ4n) is 1.56. The van der Waals surface area contributed by atoms with Crippen molar-refractivity contribution in [3.8, 4) is 11.5 Å². The first kappa shape index (κ1) is 13.4. The van der Waals surface area contributed by atoms with Crippen molar-refractivity contribution in [3.63, 3.8) is 0 Å². The van der Waals surface area contributed by atoms with E-state index in [2.05, 4.69) is 12.2 Å². The summed E-state index contributed by atoms with van der Waals surface area (Å²) in [6.07, 6.45) is 4.33. The van der Waals surface area contributed by atoms with Gasteiger partial charge in [-0.1, -0.05) is 32.3 Å². The Labute approximate surface area is 101 Å². The van der Waals surface area contributed by atoms with Gasteiger partial charge in [-0.15, -0.1) is 0 Å². The minimum absolute atomic E-state index is 0.112. The SMILES string of the molecule is CCCCCCNC(=O)c1cccc(O)c1O. The zero-order valence-corrected chi connectivity index (χ0v) is 10.1. The van der Waals surface area contributed by atoms with Crippen LogP contribution in [0.25, 0.3) is 0 Å². The van der Waals surface area contributed by atoms with Crippen LogP contribution in [0.5, 0.6) is 11.5 Å². The van der Waals surface area contributed by atoms with Crippen molar-refractivity contribution < 1.29 is 15.0 Å². The lowest BCUT2D eigenvalue weighted by Gasteiger charge is -2.07. The predicted octanol–water partition coefficient (Wildman–Crippen LogP) is 2.41. The number of carbonyl (C=O) groups is 1. The zero-order valence-electron chi connectivity index (χ0n) is 10.1. The number of rotatable bonds is 6. The van der Waals surface area contributed by atoms with Gasteiger partial charge < -0.3 is 15.5 Å². The van der Waals surface area contributed by atoms with Crippen molar-refractivity contribution in [3.05, 3.63) is 23.8 Å². The largest absolute Gasteiger partial charge is 0.504 e. The summed E-state index contributed by atoms with van der Waals surface area (Å²) < 4.78 is 0. The van der Waals surface area contributed by atoms with E-state index in [0.717, 1.165) is 25.7 Å². The van der Waals surface area contributed by atoms with Crippen LogP contribution in [-0.4, -0.2) is 22.7 Å². The van der Waals surface area contributed by atoms with Crippen LogP contribution in [0, 0.1) is 0 Å². The number of unbranched alkanes of at least 4 members (excludes halogenated alkanes) is 3. The molecule has 3 N–H and O–H groups in total. The normalized spacial score (nSPS) is 10.2. The van der Waals surface area contributed by atoms with Gasteiger partial charge in [0.05, 0.1) is 5.56 Å². The molecule has 0 aromatic heterocycles. The van der Waals surface area contributed by atoms with E-state index in [1.165, 1.54) is 18.2 Å². The number of carbonyl (C=O) groups excluding carboxylic acids is 1. The maximum Gasteiger partial charge on any atom is 0.255 e. The van der Waals surface area contributed by atoms with Crippen molar-refractivity contribution in [2.75, 3.05) is 6.54 Å². The summed E-state index contributed by atoms with van der Waals surface area (Å²) in [5, 5.41) is 21.5. The lowest BCUT2D eigenvalue weighted by Crippen LogP contribution is -2.24. The number of hydrogen-bond donors (Lipinski definition) is 3. The van der Waals surface area contributed by atoms with Gasteiger partial charge in [-0.3, -0.25) is 4.79 Å². The molecule has 0 bridgehead atoms. The van der Waals surface area contributed by atoms with Gasteiger partial charge in [0.2, 0.25) is 0 Å². The Morgan fingerprint density at radius 2 is 2.00 bits per heavy atom. The molecule has 0 atom stereocenters. The minimum Gasteiger partial charge on any atom is -0.504 e. The molecular weight excluding hydrogens is 218 g/mol. The Morgan fingerprint density at radius 3 is 2.71 bits per heavy atom. The van der Waals surface area contributed by atoms with Crippen LogP contribution in [0.4, 0.5) is 0 Å². The molecule has 0 radical (unpaired) electrons. The van der Waals surface area contributed by atoms with E-state index in [1.807, 2.05) is 0 Å². The fourth-order valence-corrected chi connectivity index (χ4v) is 1.56. The van der Waals surface area contributed by atoms with Crippen molar-refractivity contribution in [1.82, 2.24) is 5.32 Å². The summed E-state index contributed by atoms with van der Waals surface area (Å²) >= 11 is 0. The molecule has 1 aromatic rings. The Balaban J connectivity index is 2.44. The molecule has 1 amide bonds. The Kier molecular flexibility index (Phi) is 5.33. The summed E-state index contributed by atoms with van der Waals surface area (Å²) in [4.78, 5) is 11.7. The molecule has 0 aliphatic rings. The summed E-state index contributed by atoms with van der Waals surface area (Å²) in [5.74, 6) is -0.989. The van der Waals surface area contributed by atoms with Gasteiger partial charge in [0.25, 0.3) is 5.91 Å². The molecule has 0 unspecified atom stereocenters. The van der Waals surface area contributed by atoms with Crippen molar-refractivity contribution in [2.24, 2.45) is 0 Å². The van der Waals surface area contributed by atoms with Gasteiger partial charge in [-0.05, 0) is 18.6 Å². The van der Waals surface area contributed by atoms with Crippen LogP contribution in [0.15, 0.2) is 18.2 Å². The lowest BCUT2D eigenvalue weighted by molar-refractivity contribution is 0.0949. The molecule has 1 rings (SSSR count). The molecule has 4 nitrogen and oxygen atoms in total. The van der Waals surface area contributed by atoms with Gasteiger partial charge in [-0.25, -0.2) is 0 Å². The maximum atomic E-state index is 11.7. The fraction of sp³-hybridized carbons (Fsp3) is 0.462. The number of amides is 1. The number of para-hydroxylation sites is 1. The van der Waals surface area contributed by atoms with Crippen LogP contribution in [0.1, 0.15) is 43.0 Å². The molecule has 0 saturated carbocycles. The molecule has 0 heterocycles. The van der Waals surface area contributed by atoms with Crippen LogP contribution >= 0.6 is 0 Å². The average molecular weight is 237 g/mol. The van der Waals surface area contributed by atoms with E-state index in [-0.39, 0.29) is 23.0 Å². The van der Waals surface area contributed by atoms with E-state index in [4.69, 9.17) is 0 Å². The second kappa shape index (κ2) is 6.78. The molecular formula is C13H19NO3. The Bertz CT molecular complexity index is 377. The van der Waals surface area contributed by atoms with E-state index < -0.39 is 0 Å². The van der Waals surface area contributed by atoms with Gasteiger partial charge in [0.15, 0.2) is 11.5 Å². The number of phenols is 2. The highest BCUT2D eigenvalue weighted by Gasteiger charge is 2.12. The van der Waals surface area contributed by atoms with Gasteiger partial charge in [0, 0.05) is 6.54 Å². The second-order valence-corrected chi connectivity index (χ2v) is 3.99. The van der Waals surface area contributed by atoms with Crippen LogP contribution < -0.4 is 5.32 Å². The van der Waals surface area contributed by atoms with Crippen molar-refractivity contribution in [2.45, 2.75) is 32.6 Å². The molecule has 0 aliphatic carbocycles. The van der Waals surface area contributed by atoms with E-state index in [1.54, 1.807) is 0 Å². The summed E-state index contributed by atoms with van der Waals surface area (Å²) in [6, 6.07) is 4.35. The average Bonchev–Trinajstić information content (AvgIpc) is 2.32. The summed E-state index contributed by atoms with van der Waals surface area (Å²) in [6.45, 7) is 2.72. The zero-order chi connectivity index (χ0) is 12.7. The standard InChI is InChI=1S/C13H19NO3/c1-2-3-4-5-9-14-13(17)10-7-6-8-11(15)12(10)16/h6-8,15-16H,2-5,9H2,1H3,(H,14,17). The predicted molar refractivity (Wildman–Crippen MR) is 66.2 cm³/mol. The van der Waals surface area contributed by atoms with Crippen LogP contribution in [0.3, 0.4) is 0 Å². The third kappa shape index (κ3) is 3.98. The first-order valence-electron chi connectivity index (χ1n) is 5.96. The number of aromatic hydroxyl groups is 2. The molecule has 0 spiro atoms. The third-order valence-corrected chi connectivity index (χ3v) is 2.58. The minimum atomic E-state index is -0.362. The van der Waals surface area contributed by atoms with Gasteiger partial charge in [0.1, 0.15) is 0 Å². The molecule has 0 aliphatic heterocycles. The monoisotopic (exact) mass is 237 g/mol. The van der Waals surface area contributed by atoms with E-state index >= 15 is 0 Å². The van der Waals surface area contributed by atoms with E-state index in [0.29, 0.717) is 6.54 Å². The number of benzene rings is 1. The smallest absolute Gasteiger partial charge is 0.255 e. The molecule has 17 heavy (non-hydrogen) atoms. The second-order valence-electron chi connectivity index (χ2n) is 3.99. The summed E-state index contributed by atoms with van der Waals surface area (Å²) in [7, 11) is 0. The Morgan fingerprint density at radius 1 is 1.24 bits per heavy atom. The quantitative estimate of drug-likeness (QED) is 0.525. The highest BCUT2D eigenvalue weighted by Crippen LogP contribution is 2.27. The van der Waals surface area contributed by atoms with Crippen molar-refractivity contribution >= 4 is 5.91 Å². The van der Waals surface area contributed by atoms with Crippen LogP contribution in [0.2, 0.25) is 0 Å². The van der Waals surface area contributed by atoms with Crippen LogP contribution in [-0.2, 0) is 0 Å². The Hall–Kier alpha value is -1.71. The highest BCUT2D eigenvalue weighted by molar-refractivity contribution is 5.97. The topological polar surface area (TPSA) is 69.6 Å². The lowest BCUT2D eigenvalue weighted by atomic mass is 10.1. The molecule has 1 aromatic carbocycles. The first-order valence-corrected chi connectivity index (χ1v) is 5.96. The highest BCUT2D eigenvalue weighted by atomic mass is 16.3. The van der Waals surface area contributed by atoms with Gasteiger partial charge >= 0.3 is 0 Å². The molecule has 0 saturated heterocycles. The van der Waals surface area contributed by atoms with Gasteiger partial charge in [-0.2, -0.15) is 0 Å². The maximum absolute atomic E-state index is 11.7. The first-order chi connectivity index (χ1) is 8.16. The number of nitrogens with one attached hydrogen (secondary N) is 1.